The molecule has 0 radical (unpaired) electrons. The molecule has 4 rings (SSSR count). The standard InChI is InChI=1S/C21H30N6O.2ClH/c1-24-9-8-23-21(24)19-15-22-7-10-27(19)17-20(28)26-13-11-25(12-14-26)16-18-5-3-2-4-6-18;;/h2-6,8-9,19,22H,7,10-17H2,1H3;2*1H. The first kappa shape index (κ1) is 24.6. The third-order valence-corrected chi connectivity index (χ3v) is 5.82. The van der Waals surface area contributed by atoms with Gasteiger partial charge in [0.05, 0.1) is 12.6 Å². The fourth-order valence-electron chi connectivity index (χ4n) is 4.16. The lowest BCUT2D eigenvalue weighted by atomic mass is 10.1. The molecule has 166 valence electrons. The predicted molar refractivity (Wildman–Crippen MR) is 123 cm³/mol. The van der Waals surface area contributed by atoms with Gasteiger partial charge in [-0.3, -0.25) is 14.6 Å². The number of piperazine rings is 2. The highest BCUT2D eigenvalue weighted by atomic mass is 35.5. The first-order chi connectivity index (χ1) is 13.7. The average molecular weight is 455 g/mol. The van der Waals surface area contributed by atoms with Crippen molar-refractivity contribution in [3.63, 3.8) is 0 Å². The van der Waals surface area contributed by atoms with Gasteiger partial charge in [-0.25, -0.2) is 4.98 Å². The molecule has 1 aromatic heterocycles. The second-order valence-corrected chi connectivity index (χ2v) is 7.73. The second kappa shape index (κ2) is 11.7. The lowest BCUT2D eigenvalue weighted by Crippen LogP contribution is -2.54. The highest BCUT2D eigenvalue weighted by Gasteiger charge is 2.30. The minimum atomic E-state index is 0. The smallest absolute Gasteiger partial charge is 0.236 e. The predicted octanol–water partition coefficient (Wildman–Crippen LogP) is 1.55. The van der Waals surface area contributed by atoms with E-state index in [-0.39, 0.29) is 36.8 Å². The van der Waals surface area contributed by atoms with Gasteiger partial charge in [0, 0.05) is 71.8 Å². The number of nitrogens with zero attached hydrogens (tertiary/aromatic N) is 5. The number of hydrogen-bond acceptors (Lipinski definition) is 5. The molecule has 1 atom stereocenters. The van der Waals surface area contributed by atoms with Crippen molar-refractivity contribution in [1.82, 2.24) is 29.6 Å². The first-order valence-corrected chi connectivity index (χ1v) is 10.2. The van der Waals surface area contributed by atoms with E-state index in [0.717, 1.165) is 58.2 Å². The van der Waals surface area contributed by atoms with E-state index in [1.165, 1.54) is 5.56 Å². The Labute approximate surface area is 191 Å². The van der Waals surface area contributed by atoms with Crippen LogP contribution in [0.2, 0.25) is 0 Å². The van der Waals surface area contributed by atoms with Crippen LogP contribution in [0.15, 0.2) is 42.7 Å². The largest absolute Gasteiger partial charge is 0.339 e. The van der Waals surface area contributed by atoms with Crippen LogP contribution in [0.3, 0.4) is 0 Å². The number of imidazole rings is 1. The van der Waals surface area contributed by atoms with Crippen molar-refractivity contribution in [1.29, 1.82) is 0 Å². The summed E-state index contributed by atoms with van der Waals surface area (Å²) in [5.74, 6) is 1.26. The quantitative estimate of drug-likeness (QED) is 0.742. The third-order valence-electron chi connectivity index (χ3n) is 5.82. The second-order valence-electron chi connectivity index (χ2n) is 7.73. The van der Waals surface area contributed by atoms with Gasteiger partial charge >= 0.3 is 0 Å². The molecular formula is C21H32Cl2N6O. The Balaban J connectivity index is 0.00000160. The van der Waals surface area contributed by atoms with Crippen LogP contribution < -0.4 is 5.32 Å². The number of aryl methyl sites for hydroxylation is 1. The van der Waals surface area contributed by atoms with Gasteiger partial charge < -0.3 is 14.8 Å². The van der Waals surface area contributed by atoms with Gasteiger partial charge in [0.25, 0.3) is 0 Å². The SMILES string of the molecule is Cl.Cl.Cn1ccnc1C1CNCCN1CC(=O)N1CCN(Cc2ccccc2)CC1. The monoisotopic (exact) mass is 454 g/mol. The summed E-state index contributed by atoms with van der Waals surface area (Å²) in [5.41, 5.74) is 1.33. The van der Waals surface area contributed by atoms with Gasteiger partial charge in [-0.15, -0.1) is 24.8 Å². The minimum absolute atomic E-state index is 0. The van der Waals surface area contributed by atoms with E-state index in [9.17, 15) is 4.79 Å². The van der Waals surface area contributed by atoms with Crippen LogP contribution in [0, 0.1) is 0 Å². The molecule has 3 heterocycles. The van der Waals surface area contributed by atoms with Crippen LogP contribution in [0.25, 0.3) is 0 Å². The van der Waals surface area contributed by atoms with E-state index < -0.39 is 0 Å². The Morgan fingerprint density at radius 1 is 1.10 bits per heavy atom. The molecule has 2 saturated heterocycles. The topological polar surface area (TPSA) is 56.6 Å². The highest BCUT2D eigenvalue weighted by molar-refractivity contribution is 5.85. The Hall–Kier alpha value is -1.64. The molecule has 2 aromatic rings. The summed E-state index contributed by atoms with van der Waals surface area (Å²) in [6.07, 6.45) is 3.80. The average Bonchev–Trinajstić information content (AvgIpc) is 3.15. The Morgan fingerprint density at radius 3 is 2.50 bits per heavy atom. The summed E-state index contributed by atoms with van der Waals surface area (Å²) < 4.78 is 2.05. The lowest BCUT2D eigenvalue weighted by molar-refractivity contribution is -0.135. The number of carbonyl (C=O) groups excluding carboxylic acids is 1. The molecule has 0 bridgehead atoms. The van der Waals surface area contributed by atoms with Gasteiger partial charge in [-0.05, 0) is 5.56 Å². The van der Waals surface area contributed by atoms with Gasteiger partial charge in [-0.2, -0.15) is 0 Å². The maximum Gasteiger partial charge on any atom is 0.236 e. The maximum atomic E-state index is 12.9. The van der Waals surface area contributed by atoms with E-state index in [1.54, 1.807) is 0 Å². The molecule has 0 saturated carbocycles. The van der Waals surface area contributed by atoms with Crippen molar-refractivity contribution >= 4 is 30.7 Å². The maximum absolute atomic E-state index is 12.9. The molecule has 1 amide bonds. The fourth-order valence-corrected chi connectivity index (χ4v) is 4.16. The molecule has 30 heavy (non-hydrogen) atoms. The zero-order chi connectivity index (χ0) is 19.3. The number of benzene rings is 1. The molecule has 2 aliphatic rings. The number of amides is 1. The zero-order valence-electron chi connectivity index (χ0n) is 17.4. The molecule has 2 fully saturated rings. The summed E-state index contributed by atoms with van der Waals surface area (Å²) in [7, 11) is 2.02. The number of carbonyl (C=O) groups is 1. The molecule has 1 N–H and O–H groups in total. The number of aromatic nitrogens is 2. The molecule has 9 heteroatoms. The van der Waals surface area contributed by atoms with Crippen LogP contribution in [0.5, 0.6) is 0 Å². The fraction of sp³-hybridized carbons (Fsp3) is 0.524. The molecule has 7 nitrogen and oxygen atoms in total. The summed E-state index contributed by atoms with van der Waals surface area (Å²) in [6, 6.07) is 10.7. The summed E-state index contributed by atoms with van der Waals surface area (Å²) in [4.78, 5) is 24.2. The van der Waals surface area contributed by atoms with Crippen molar-refractivity contribution in [2.24, 2.45) is 7.05 Å². The van der Waals surface area contributed by atoms with E-state index in [2.05, 4.69) is 55.0 Å². The normalized spacial score (nSPS) is 20.3. The number of nitrogens with one attached hydrogen (secondary N) is 1. The van der Waals surface area contributed by atoms with E-state index in [4.69, 9.17) is 0 Å². The summed E-state index contributed by atoms with van der Waals surface area (Å²) in [5, 5.41) is 3.44. The van der Waals surface area contributed by atoms with Gasteiger partial charge in [0.15, 0.2) is 0 Å². The zero-order valence-corrected chi connectivity index (χ0v) is 19.1. The van der Waals surface area contributed by atoms with Crippen molar-refractivity contribution < 1.29 is 4.79 Å². The van der Waals surface area contributed by atoms with Crippen LogP contribution in [-0.4, -0.2) is 82.5 Å². The van der Waals surface area contributed by atoms with Gasteiger partial charge in [0.2, 0.25) is 5.91 Å². The minimum Gasteiger partial charge on any atom is -0.339 e. The molecule has 1 aromatic carbocycles. The van der Waals surface area contributed by atoms with Crippen molar-refractivity contribution in [2.75, 3.05) is 52.4 Å². The Morgan fingerprint density at radius 2 is 1.83 bits per heavy atom. The number of rotatable bonds is 5. The Kier molecular flexibility index (Phi) is 9.58. The molecule has 0 aliphatic carbocycles. The lowest BCUT2D eigenvalue weighted by Gasteiger charge is -2.39. The van der Waals surface area contributed by atoms with Crippen molar-refractivity contribution in [3.8, 4) is 0 Å². The molecule has 2 aliphatic heterocycles. The van der Waals surface area contributed by atoms with Crippen LogP contribution in [-0.2, 0) is 18.4 Å². The van der Waals surface area contributed by atoms with E-state index in [0.29, 0.717) is 6.54 Å². The van der Waals surface area contributed by atoms with Gasteiger partial charge in [0.1, 0.15) is 5.82 Å². The highest BCUT2D eigenvalue weighted by Crippen LogP contribution is 2.20. The van der Waals surface area contributed by atoms with Crippen LogP contribution >= 0.6 is 24.8 Å². The van der Waals surface area contributed by atoms with E-state index in [1.807, 2.05) is 24.3 Å². The summed E-state index contributed by atoms with van der Waals surface area (Å²) >= 11 is 0. The number of hydrogen-bond donors (Lipinski definition) is 1. The summed E-state index contributed by atoms with van der Waals surface area (Å²) in [6.45, 7) is 7.55. The molecular weight excluding hydrogens is 423 g/mol. The van der Waals surface area contributed by atoms with Crippen LogP contribution in [0.1, 0.15) is 17.4 Å². The molecule has 0 spiro atoms. The van der Waals surface area contributed by atoms with Crippen LogP contribution in [0.4, 0.5) is 0 Å². The number of halogens is 2. The first-order valence-electron chi connectivity index (χ1n) is 10.2. The Bertz CT molecular complexity index is 779. The van der Waals surface area contributed by atoms with Crippen molar-refractivity contribution in [3.05, 3.63) is 54.1 Å². The van der Waals surface area contributed by atoms with Gasteiger partial charge in [-0.1, -0.05) is 30.3 Å². The molecule has 1 unspecified atom stereocenters. The van der Waals surface area contributed by atoms with Crippen molar-refractivity contribution in [2.45, 2.75) is 12.6 Å². The third kappa shape index (κ3) is 5.95. The van der Waals surface area contributed by atoms with E-state index >= 15 is 0 Å².